The Balaban J connectivity index is 1.14. The molecule has 3 aliphatic rings. The second-order valence-corrected chi connectivity index (χ2v) is 12.1. The maximum Gasteiger partial charge on any atom is 0.410 e. The summed E-state index contributed by atoms with van der Waals surface area (Å²) in [6, 6.07) is 0.474. The SMILES string of the molecule is CC(=O)N1CC2CC(Nc3nc(Nc4cnn(C5CCN(C(=O)OC(C)(C)C)CC5)c4)ncc3Cl)CC2C1. The molecule has 2 amide bonds. The molecule has 4 heterocycles. The molecule has 2 aromatic rings. The maximum absolute atomic E-state index is 12.3. The highest BCUT2D eigenvalue weighted by atomic mass is 35.5. The van der Waals surface area contributed by atoms with Gasteiger partial charge in [0.2, 0.25) is 11.9 Å². The predicted octanol–water partition coefficient (Wildman–Crippen LogP) is 4.31. The summed E-state index contributed by atoms with van der Waals surface area (Å²) in [4.78, 5) is 36.7. The van der Waals surface area contributed by atoms with E-state index in [1.54, 1.807) is 24.2 Å². The molecule has 2 aromatic heterocycles. The van der Waals surface area contributed by atoms with Crippen molar-refractivity contribution in [3.8, 4) is 0 Å². The molecule has 206 valence electrons. The van der Waals surface area contributed by atoms with E-state index in [9.17, 15) is 9.59 Å². The Morgan fingerprint density at radius 3 is 2.39 bits per heavy atom. The first-order chi connectivity index (χ1) is 18.0. The average molecular weight is 545 g/mol. The Labute approximate surface area is 228 Å². The zero-order chi connectivity index (χ0) is 27.0. The highest BCUT2D eigenvalue weighted by Crippen LogP contribution is 2.39. The molecule has 2 unspecified atom stereocenters. The number of nitrogens with zero attached hydrogens (tertiary/aromatic N) is 6. The van der Waals surface area contributed by atoms with Crippen LogP contribution in [0, 0.1) is 11.8 Å². The Morgan fingerprint density at radius 1 is 1.08 bits per heavy atom. The van der Waals surface area contributed by atoms with E-state index in [0.717, 1.165) is 44.5 Å². The smallest absolute Gasteiger partial charge is 0.410 e. The van der Waals surface area contributed by atoms with Crippen molar-refractivity contribution in [2.75, 3.05) is 36.8 Å². The highest BCUT2D eigenvalue weighted by Gasteiger charge is 2.41. The molecule has 2 aliphatic heterocycles. The van der Waals surface area contributed by atoms with Crippen molar-refractivity contribution in [3.05, 3.63) is 23.6 Å². The third-order valence-electron chi connectivity index (χ3n) is 7.63. The fourth-order valence-corrected chi connectivity index (χ4v) is 5.91. The van der Waals surface area contributed by atoms with Crippen LogP contribution in [-0.2, 0) is 9.53 Å². The van der Waals surface area contributed by atoms with Crippen molar-refractivity contribution in [1.82, 2.24) is 29.5 Å². The highest BCUT2D eigenvalue weighted by molar-refractivity contribution is 6.32. The van der Waals surface area contributed by atoms with Gasteiger partial charge in [0.1, 0.15) is 10.6 Å². The first kappa shape index (κ1) is 26.5. The number of halogens is 1. The van der Waals surface area contributed by atoms with Gasteiger partial charge in [0.05, 0.1) is 24.1 Å². The van der Waals surface area contributed by atoms with Crippen LogP contribution in [0.2, 0.25) is 5.02 Å². The second kappa shape index (κ2) is 10.6. The number of nitrogens with one attached hydrogen (secondary N) is 2. The summed E-state index contributed by atoms with van der Waals surface area (Å²) in [5.41, 5.74) is 0.289. The molecular weight excluding hydrogens is 508 g/mol. The fourth-order valence-electron chi connectivity index (χ4n) is 5.77. The largest absolute Gasteiger partial charge is 0.444 e. The Morgan fingerprint density at radius 2 is 1.76 bits per heavy atom. The van der Waals surface area contributed by atoms with E-state index < -0.39 is 5.60 Å². The van der Waals surface area contributed by atoms with Crippen LogP contribution in [0.3, 0.4) is 0 Å². The summed E-state index contributed by atoms with van der Waals surface area (Å²) >= 11 is 6.42. The third-order valence-corrected chi connectivity index (χ3v) is 7.91. The maximum atomic E-state index is 12.3. The molecule has 11 nitrogen and oxygen atoms in total. The van der Waals surface area contributed by atoms with Gasteiger partial charge in [-0.05, 0) is 58.3 Å². The molecule has 0 bridgehead atoms. The van der Waals surface area contributed by atoms with Crippen LogP contribution < -0.4 is 10.6 Å². The van der Waals surface area contributed by atoms with Crippen LogP contribution >= 0.6 is 11.6 Å². The van der Waals surface area contributed by atoms with Gasteiger partial charge >= 0.3 is 6.09 Å². The Bertz CT molecular complexity index is 1160. The second-order valence-electron chi connectivity index (χ2n) is 11.7. The van der Waals surface area contributed by atoms with Crippen molar-refractivity contribution < 1.29 is 14.3 Å². The minimum Gasteiger partial charge on any atom is -0.444 e. The van der Waals surface area contributed by atoms with Gasteiger partial charge in [0.15, 0.2) is 5.82 Å². The van der Waals surface area contributed by atoms with Crippen molar-refractivity contribution in [3.63, 3.8) is 0 Å². The molecule has 2 N–H and O–H groups in total. The fraction of sp³-hybridized carbons (Fsp3) is 0.654. The van der Waals surface area contributed by atoms with E-state index in [2.05, 4.69) is 25.7 Å². The summed E-state index contributed by atoms with van der Waals surface area (Å²) in [5, 5.41) is 11.7. The quantitative estimate of drug-likeness (QED) is 0.571. The van der Waals surface area contributed by atoms with Crippen LogP contribution in [0.15, 0.2) is 18.6 Å². The van der Waals surface area contributed by atoms with E-state index in [1.165, 1.54) is 0 Å². The lowest BCUT2D eigenvalue weighted by molar-refractivity contribution is -0.128. The Hall–Kier alpha value is -3.08. The molecule has 3 fully saturated rings. The molecule has 0 spiro atoms. The van der Waals surface area contributed by atoms with E-state index >= 15 is 0 Å². The number of hydrogen-bond donors (Lipinski definition) is 2. The first-order valence-electron chi connectivity index (χ1n) is 13.4. The topological polar surface area (TPSA) is 118 Å². The van der Waals surface area contributed by atoms with Crippen LogP contribution in [0.25, 0.3) is 0 Å². The van der Waals surface area contributed by atoms with Gasteiger partial charge in [0.25, 0.3) is 0 Å². The lowest BCUT2D eigenvalue weighted by Gasteiger charge is -2.33. The van der Waals surface area contributed by atoms with Crippen molar-refractivity contribution in [2.24, 2.45) is 11.8 Å². The number of piperidine rings is 1. The molecule has 12 heteroatoms. The number of likely N-dealkylation sites (tertiary alicyclic amines) is 2. The normalized spacial score (nSPS) is 23.9. The number of carbonyl (C=O) groups excluding carboxylic acids is 2. The molecule has 1 aliphatic carbocycles. The summed E-state index contributed by atoms with van der Waals surface area (Å²) in [6.45, 7) is 10.2. The van der Waals surface area contributed by atoms with Gasteiger partial charge in [-0.25, -0.2) is 9.78 Å². The van der Waals surface area contributed by atoms with Gasteiger partial charge in [-0.3, -0.25) is 9.48 Å². The standard InChI is InChI=1S/C26H37ClN8O3/c1-16(36)34-13-17-9-19(10-18(17)14-34)30-23-22(27)12-28-24(32-23)31-20-11-29-35(15-20)21-5-7-33(8-6-21)25(37)38-26(2,3)4/h11-12,15,17-19,21H,5-10,13-14H2,1-4H3,(H2,28,30,31,32). The monoisotopic (exact) mass is 544 g/mol. The zero-order valence-electron chi connectivity index (χ0n) is 22.5. The predicted molar refractivity (Wildman–Crippen MR) is 145 cm³/mol. The molecule has 0 aromatic carbocycles. The first-order valence-corrected chi connectivity index (χ1v) is 13.8. The lowest BCUT2D eigenvalue weighted by Crippen LogP contribution is -2.42. The summed E-state index contributed by atoms with van der Waals surface area (Å²) in [5.74, 6) is 2.26. The number of anilines is 3. The number of rotatable bonds is 5. The number of fused-ring (bicyclic) bond motifs is 1. The minimum absolute atomic E-state index is 0.160. The zero-order valence-corrected chi connectivity index (χ0v) is 23.2. The van der Waals surface area contributed by atoms with Gasteiger partial charge < -0.3 is 25.2 Å². The Kier molecular flexibility index (Phi) is 7.39. The van der Waals surface area contributed by atoms with E-state index in [-0.39, 0.29) is 24.1 Å². The van der Waals surface area contributed by atoms with Gasteiger partial charge in [-0.1, -0.05) is 11.6 Å². The average Bonchev–Trinajstić information content (AvgIpc) is 3.56. The van der Waals surface area contributed by atoms with Crippen molar-refractivity contribution in [2.45, 2.75) is 71.1 Å². The van der Waals surface area contributed by atoms with E-state index in [4.69, 9.17) is 16.3 Å². The minimum atomic E-state index is -0.496. The van der Waals surface area contributed by atoms with Gasteiger partial charge in [-0.15, -0.1) is 0 Å². The molecule has 2 atom stereocenters. The molecule has 0 radical (unpaired) electrons. The number of hydrogen-bond acceptors (Lipinski definition) is 8. The summed E-state index contributed by atoms with van der Waals surface area (Å²) < 4.78 is 7.43. The van der Waals surface area contributed by atoms with Crippen LogP contribution in [0.5, 0.6) is 0 Å². The lowest BCUT2D eigenvalue weighted by atomic mass is 10.0. The number of aromatic nitrogens is 4. The van der Waals surface area contributed by atoms with Crippen molar-refractivity contribution >= 4 is 41.1 Å². The summed E-state index contributed by atoms with van der Waals surface area (Å²) in [6.07, 6.45) is 8.64. The number of carbonyl (C=O) groups is 2. The number of ether oxygens (including phenoxy) is 1. The van der Waals surface area contributed by atoms with Crippen LogP contribution in [-0.4, -0.2) is 79.4 Å². The van der Waals surface area contributed by atoms with E-state index in [0.29, 0.717) is 41.7 Å². The molecular formula is C26H37ClN8O3. The molecule has 1 saturated carbocycles. The van der Waals surface area contributed by atoms with Crippen LogP contribution in [0.1, 0.15) is 59.4 Å². The van der Waals surface area contributed by atoms with E-state index in [1.807, 2.05) is 36.5 Å². The van der Waals surface area contributed by atoms with Crippen LogP contribution in [0.4, 0.5) is 22.2 Å². The van der Waals surface area contributed by atoms with Gasteiger partial charge in [-0.2, -0.15) is 10.1 Å². The third kappa shape index (κ3) is 6.14. The summed E-state index contributed by atoms with van der Waals surface area (Å²) in [7, 11) is 0. The van der Waals surface area contributed by atoms with Gasteiger partial charge in [0, 0.05) is 45.3 Å². The molecule has 5 rings (SSSR count). The number of amides is 2. The molecule has 2 saturated heterocycles. The van der Waals surface area contributed by atoms with Crippen molar-refractivity contribution in [1.29, 1.82) is 0 Å². The molecule has 38 heavy (non-hydrogen) atoms.